The molecule has 0 saturated heterocycles. The second-order valence-corrected chi connectivity index (χ2v) is 8.69. The van der Waals surface area contributed by atoms with Gasteiger partial charge in [-0.15, -0.1) is 0 Å². The minimum atomic E-state index is -4.18. The fourth-order valence-corrected chi connectivity index (χ4v) is 5.12. The van der Waals surface area contributed by atoms with E-state index in [9.17, 15) is 13.2 Å². The summed E-state index contributed by atoms with van der Waals surface area (Å²) in [6.45, 7) is 2.28. The molecule has 0 aliphatic heterocycles. The van der Waals surface area contributed by atoms with Crippen molar-refractivity contribution < 1.29 is 13.2 Å². The summed E-state index contributed by atoms with van der Waals surface area (Å²) in [5, 5.41) is 0. The van der Waals surface area contributed by atoms with E-state index in [1.807, 2.05) is 0 Å². The van der Waals surface area contributed by atoms with Crippen molar-refractivity contribution in [3.63, 3.8) is 0 Å². The van der Waals surface area contributed by atoms with Gasteiger partial charge >= 0.3 is 6.18 Å². The predicted molar refractivity (Wildman–Crippen MR) is 106 cm³/mol. The van der Waals surface area contributed by atoms with Crippen molar-refractivity contribution in [3.05, 3.63) is 47.5 Å². The molecule has 0 N–H and O–H groups in total. The smallest absolute Gasteiger partial charge is 0.167 e. The number of hydrogen-bond donors (Lipinski definition) is 0. The van der Waals surface area contributed by atoms with Gasteiger partial charge < -0.3 is 0 Å². The number of alkyl halides is 3. The van der Waals surface area contributed by atoms with Gasteiger partial charge in [0, 0.05) is 6.08 Å². The molecule has 0 nitrogen and oxygen atoms in total. The van der Waals surface area contributed by atoms with Gasteiger partial charge in [0.25, 0.3) is 0 Å². The zero-order valence-corrected chi connectivity index (χ0v) is 16.5. The predicted octanol–water partition coefficient (Wildman–Crippen LogP) is 8.15. The maximum absolute atomic E-state index is 12.3. The Morgan fingerprint density at radius 3 is 1.74 bits per heavy atom. The first kappa shape index (κ1) is 20.5. The maximum atomic E-state index is 12.3. The van der Waals surface area contributed by atoms with Crippen LogP contribution in [0.25, 0.3) is 0 Å². The average molecular weight is 379 g/mol. The van der Waals surface area contributed by atoms with E-state index in [0.29, 0.717) is 12.0 Å². The molecule has 3 rings (SSSR count). The number of benzene rings is 1. The van der Waals surface area contributed by atoms with Gasteiger partial charge in [-0.25, -0.2) is 0 Å². The van der Waals surface area contributed by atoms with Gasteiger partial charge in [0.15, 0.2) is 0 Å². The third-order valence-corrected chi connectivity index (χ3v) is 6.75. The standard InChI is InChI=1S/C24H33F3/c1-2-3-18-4-8-20(9-5-18)22-12-14-23(15-13-22)21-10-6-19(7-11-21)16-17-24(25,26)27/h12-21H,2-11H2,1H3/b17-16+. The van der Waals surface area contributed by atoms with Crippen molar-refractivity contribution in [1.29, 1.82) is 0 Å². The molecule has 0 heterocycles. The van der Waals surface area contributed by atoms with Gasteiger partial charge in [-0.2, -0.15) is 13.2 Å². The SMILES string of the molecule is CCCC1CCC(c2ccc(C3CCC(/C=C/C(F)(F)F)CC3)cc2)CC1. The number of halogens is 3. The van der Waals surface area contributed by atoms with E-state index in [1.165, 1.54) is 55.7 Å². The van der Waals surface area contributed by atoms with Gasteiger partial charge in [-0.3, -0.25) is 0 Å². The van der Waals surface area contributed by atoms with Crippen molar-refractivity contribution >= 4 is 0 Å². The highest BCUT2D eigenvalue weighted by Gasteiger charge is 2.26. The summed E-state index contributed by atoms with van der Waals surface area (Å²) in [5.41, 5.74) is 2.85. The van der Waals surface area contributed by atoms with Gasteiger partial charge in [0.1, 0.15) is 0 Å². The van der Waals surface area contributed by atoms with Crippen LogP contribution in [0.1, 0.15) is 94.1 Å². The van der Waals surface area contributed by atoms with Crippen LogP contribution in [-0.2, 0) is 0 Å². The van der Waals surface area contributed by atoms with Crippen molar-refractivity contribution in [2.75, 3.05) is 0 Å². The quantitative estimate of drug-likeness (QED) is 0.453. The molecule has 27 heavy (non-hydrogen) atoms. The molecule has 0 bridgehead atoms. The highest BCUT2D eigenvalue weighted by Crippen LogP contribution is 2.40. The Labute approximate surface area is 162 Å². The van der Waals surface area contributed by atoms with E-state index in [1.54, 1.807) is 0 Å². The molecule has 150 valence electrons. The first-order valence-corrected chi connectivity index (χ1v) is 10.8. The Kier molecular flexibility index (Phi) is 7.05. The van der Waals surface area contributed by atoms with Crippen molar-refractivity contribution in [2.45, 2.75) is 89.1 Å². The molecule has 2 aliphatic rings. The molecule has 1 aromatic carbocycles. The van der Waals surface area contributed by atoms with Gasteiger partial charge in [0.05, 0.1) is 0 Å². The Bertz CT molecular complexity index is 583. The molecule has 1 aromatic rings. The summed E-state index contributed by atoms with van der Waals surface area (Å²) < 4.78 is 36.9. The Balaban J connectivity index is 1.49. The Hall–Kier alpha value is -1.25. The largest absolute Gasteiger partial charge is 0.409 e. The van der Waals surface area contributed by atoms with Crippen LogP contribution >= 0.6 is 0 Å². The minimum absolute atomic E-state index is 0.0838. The fourth-order valence-electron chi connectivity index (χ4n) is 5.12. The van der Waals surface area contributed by atoms with Crippen LogP contribution in [-0.4, -0.2) is 6.18 Å². The van der Waals surface area contributed by atoms with E-state index in [0.717, 1.165) is 37.5 Å². The zero-order valence-electron chi connectivity index (χ0n) is 16.5. The summed E-state index contributed by atoms with van der Waals surface area (Å²) in [7, 11) is 0. The minimum Gasteiger partial charge on any atom is -0.167 e. The van der Waals surface area contributed by atoms with Crippen LogP contribution in [0.5, 0.6) is 0 Å². The summed E-state index contributed by atoms with van der Waals surface area (Å²) in [6.07, 6.45) is 9.39. The van der Waals surface area contributed by atoms with Crippen LogP contribution in [0.2, 0.25) is 0 Å². The fraction of sp³-hybridized carbons (Fsp3) is 0.667. The lowest BCUT2D eigenvalue weighted by atomic mass is 9.76. The lowest BCUT2D eigenvalue weighted by molar-refractivity contribution is -0.0803. The van der Waals surface area contributed by atoms with E-state index in [-0.39, 0.29) is 5.92 Å². The molecular formula is C24H33F3. The van der Waals surface area contributed by atoms with Crippen LogP contribution in [0.3, 0.4) is 0 Å². The third kappa shape index (κ3) is 6.12. The Morgan fingerprint density at radius 2 is 1.30 bits per heavy atom. The second kappa shape index (κ2) is 9.30. The third-order valence-electron chi connectivity index (χ3n) is 6.75. The van der Waals surface area contributed by atoms with Crippen LogP contribution < -0.4 is 0 Å². The Morgan fingerprint density at radius 1 is 0.815 bits per heavy atom. The molecule has 0 amide bonds. The summed E-state index contributed by atoms with van der Waals surface area (Å²) in [5.74, 6) is 2.25. The molecule has 2 aliphatic carbocycles. The molecule has 0 aromatic heterocycles. The lowest BCUT2D eigenvalue weighted by Crippen LogP contribution is -2.14. The lowest BCUT2D eigenvalue weighted by Gasteiger charge is -2.30. The highest BCUT2D eigenvalue weighted by atomic mass is 19.4. The van der Waals surface area contributed by atoms with Crippen molar-refractivity contribution in [2.24, 2.45) is 11.8 Å². The van der Waals surface area contributed by atoms with Crippen LogP contribution in [0.15, 0.2) is 36.4 Å². The first-order valence-electron chi connectivity index (χ1n) is 10.8. The first-order chi connectivity index (χ1) is 12.9. The zero-order chi connectivity index (χ0) is 19.3. The number of hydrogen-bond acceptors (Lipinski definition) is 0. The second-order valence-electron chi connectivity index (χ2n) is 8.69. The molecule has 3 heteroatoms. The molecular weight excluding hydrogens is 345 g/mol. The molecule has 2 saturated carbocycles. The number of allylic oxidation sites excluding steroid dienone is 2. The molecule has 0 atom stereocenters. The summed E-state index contributed by atoms with van der Waals surface area (Å²) >= 11 is 0. The van der Waals surface area contributed by atoms with Gasteiger partial charge in [0.2, 0.25) is 0 Å². The maximum Gasteiger partial charge on any atom is 0.409 e. The molecule has 2 fully saturated rings. The highest BCUT2D eigenvalue weighted by molar-refractivity contribution is 5.28. The monoisotopic (exact) mass is 378 g/mol. The van der Waals surface area contributed by atoms with Crippen molar-refractivity contribution in [3.8, 4) is 0 Å². The molecule has 0 radical (unpaired) electrons. The van der Waals surface area contributed by atoms with E-state index in [2.05, 4.69) is 31.2 Å². The van der Waals surface area contributed by atoms with Gasteiger partial charge in [-0.1, -0.05) is 50.1 Å². The van der Waals surface area contributed by atoms with Crippen LogP contribution in [0.4, 0.5) is 13.2 Å². The molecule has 0 spiro atoms. The van der Waals surface area contributed by atoms with E-state index < -0.39 is 6.18 Å². The van der Waals surface area contributed by atoms with E-state index in [4.69, 9.17) is 0 Å². The average Bonchev–Trinajstić information content (AvgIpc) is 2.67. The number of rotatable bonds is 5. The molecule has 0 unspecified atom stereocenters. The summed E-state index contributed by atoms with van der Waals surface area (Å²) in [6, 6.07) is 9.19. The van der Waals surface area contributed by atoms with Gasteiger partial charge in [-0.05, 0) is 86.2 Å². The van der Waals surface area contributed by atoms with Crippen LogP contribution in [0, 0.1) is 11.8 Å². The van der Waals surface area contributed by atoms with E-state index >= 15 is 0 Å². The normalized spacial score (nSPS) is 29.9. The summed E-state index contributed by atoms with van der Waals surface area (Å²) in [4.78, 5) is 0. The van der Waals surface area contributed by atoms with Crippen molar-refractivity contribution in [1.82, 2.24) is 0 Å². The topological polar surface area (TPSA) is 0 Å².